The number of nitrogens with zero attached hydrogens (tertiary/aromatic N) is 2. The van der Waals surface area contributed by atoms with Crippen molar-refractivity contribution in [2.24, 2.45) is 5.73 Å². The molecule has 0 bridgehead atoms. The van der Waals surface area contributed by atoms with E-state index in [2.05, 4.69) is 4.90 Å². The van der Waals surface area contributed by atoms with E-state index < -0.39 is 10.0 Å². The molecule has 2 fully saturated rings. The largest absolute Gasteiger partial charge is 0.328 e. The Balaban J connectivity index is 1.67. The summed E-state index contributed by atoms with van der Waals surface area (Å²) in [5, 5.41) is 0. The summed E-state index contributed by atoms with van der Waals surface area (Å²) in [4.78, 5) is 2.80. The number of piperidine rings is 1. The summed E-state index contributed by atoms with van der Waals surface area (Å²) in [5.41, 5.74) is 5.94. The fraction of sp³-hybridized carbons (Fsp3) is 0.600. The predicted molar refractivity (Wildman–Crippen MR) is 82.4 cm³/mol. The van der Waals surface area contributed by atoms with Crippen LogP contribution in [0, 0.1) is 0 Å². The third kappa shape index (κ3) is 3.13. The van der Waals surface area contributed by atoms with Gasteiger partial charge in [-0.15, -0.1) is 0 Å². The number of nitrogens with two attached hydrogens (primary N) is 1. The number of likely N-dealkylation sites (tertiary alicyclic amines) is 1. The van der Waals surface area contributed by atoms with Gasteiger partial charge in [-0.25, -0.2) is 8.42 Å². The van der Waals surface area contributed by atoms with Gasteiger partial charge in [0.15, 0.2) is 0 Å². The quantitative estimate of drug-likeness (QED) is 0.900. The molecule has 1 atom stereocenters. The molecule has 2 aliphatic heterocycles. The fourth-order valence-electron chi connectivity index (χ4n) is 3.25. The van der Waals surface area contributed by atoms with E-state index in [1.807, 2.05) is 6.07 Å². The standard InChI is InChI=1S/C15H23N3O2S/c16-13-6-9-17(10-7-13)14-8-11-18(12-14)21(19,20)15-4-2-1-3-5-15/h1-5,13-14H,6-12,16H2. The Morgan fingerprint density at radius 2 is 1.67 bits per heavy atom. The summed E-state index contributed by atoms with van der Waals surface area (Å²) in [6.45, 7) is 3.20. The van der Waals surface area contributed by atoms with E-state index >= 15 is 0 Å². The van der Waals surface area contributed by atoms with Crippen LogP contribution in [0.3, 0.4) is 0 Å². The van der Waals surface area contributed by atoms with E-state index in [-0.39, 0.29) is 0 Å². The summed E-state index contributed by atoms with van der Waals surface area (Å²) in [6, 6.07) is 9.37. The van der Waals surface area contributed by atoms with E-state index in [0.29, 0.717) is 30.1 Å². The molecule has 0 radical (unpaired) electrons. The molecule has 1 aromatic carbocycles. The highest BCUT2D eigenvalue weighted by atomic mass is 32.2. The van der Waals surface area contributed by atoms with Crippen molar-refractivity contribution in [1.82, 2.24) is 9.21 Å². The van der Waals surface area contributed by atoms with E-state index in [1.165, 1.54) is 0 Å². The first-order chi connectivity index (χ1) is 10.1. The van der Waals surface area contributed by atoms with Gasteiger partial charge in [0.2, 0.25) is 10.0 Å². The van der Waals surface area contributed by atoms with Gasteiger partial charge < -0.3 is 5.73 Å². The van der Waals surface area contributed by atoms with Gasteiger partial charge in [0.1, 0.15) is 0 Å². The Kier molecular flexibility index (Phi) is 4.31. The first-order valence-electron chi connectivity index (χ1n) is 7.62. The third-order valence-electron chi connectivity index (χ3n) is 4.60. The maximum atomic E-state index is 12.6. The number of hydrogen-bond acceptors (Lipinski definition) is 4. The molecule has 21 heavy (non-hydrogen) atoms. The Morgan fingerprint density at radius 1 is 1.00 bits per heavy atom. The van der Waals surface area contributed by atoms with Crippen molar-refractivity contribution in [2.45, 2.75) is 36.2 Å². The number of sulfonamides is 1. The molecule has 116 valence electrons. The lowest BCUT2D eigenvalue weighted by atomic mass is 10.0. The van der Waals surface area contributed by atoms with Gasteiger partial charge in [0.25, 0.3) is 0 Å². The monoisotopic (exact) mass is 309 g/mol. The highest BCUT2D eigenvalue weighted by molar-refractivity contribution is 7.89. The lowest BCUT2D eigenvalue weighted by Crippen LogP contribution is -2.46. The van der Waals surface area contributed by atoms with Crippen LogP contribution in [0.25, 0.3) is 0 Å². The first-order valence-corrected chi connectivity index (χ1v) is 9.06. The summed E-state index contributed by atoms with van der Waals surface area (Å²) < 4.78 is 26.8. The zero-order valence-corrected chi connectivity index (χ0v) is 13.0. The van der Waals surface area contributed by atoms with Crippen LogP contribution >= 0.6 is 0 Å². The molecule has 0 spiro atoms. The van der Waals surface area contributed by atoms with Crippen LogP contribution < -0.4 is 5.73 Å². The Bertz CT molecular complexity index is 568. The normalized spacial score (nSPS) is 26.2. The molecule has 2 heterocycles. The van der Waals surface area contributed by atoms with Crippen LogP contribution in [0.4, 0.5) is 0 Å². The van der Waals surface area contributed by atoms with Gasteiger partial charge in [0, 0.05) is 25.2 Å². The van der Waals surface area contributed by atoms with Crippen molar-refractivity contribution in [3.63, 3.8) is 0 Å². The van der Waals surface area contributed by atoms with Crippen molar-refractivity contribution >= 4 is 10.0 Å². The van der Waals surface area contributed by atoms with Crippen molar-refractivity contribution < 1.29 is 8.42 Å². The maximum Gasteiger partial charge on any atom is 0.243 e. The van der Waals surface area contributed by atoms with E-state index in [9.17, 15) is 8.42 Å². The molecule has 6 heteroatoms. The topological polar surface area (TPSA) is 66.6 Å². The molecule has 2 saturated heterocycles. The zero-order valence-electron chi connectivity index (χ0n) is 12.2. The minimum Gasteiger partial charge on any atom is -0.328 e. The minimum atomic E-state index is -3.34. The van der Waals surface area contributed by atoms with Gasteiger partial charge in [-0.3, -0.25) is 4.90 Å². The molecule has 1 aromatic rings. The zero-order chi connectivity index (χ0) is 14.9. The highest BCUT2D eigenvalue weighted by Crippen LogP contribution is 2.25. The van der Waals surface area contributed by atoms with Crippen LogP contribution in [0.5, 0.6) is 0 Å². The lowest BCUT2D eigenvalue weighted by Gasteiger charge is -2.34. The second kappa shape index (κ2) is 6.04. The first kappa shape index (κ1) is 15.0. The molecule has 5 nitrogen and oxygen atoms in total. The van der Waals surface area contributed by atoms with Gasteiger partial charge in [-0.05, 0) is 44.5 Å². The summed E-state index contributed by atoms with van der Waals surface area (Å²) in [6.07, 6.45) is 2.95. The van der Waals surface area contributed by atoms with Crippen LogP contribution in [-0.2, 0) is 10.0 Å². The molecular weight excluding hydrogens is 286 g/mol. The number of hydrogen-bond donors (Lipinski definition) is 1. The molecule has 2 aliphatic rings. The van der Waals surface area contributed by atoms with Crippen molar-refractivity contribution in [3.05, 3.63) is 30.3 Å². The van der Waals surface area contributed by atoms with Gasteiger partial charge in [0.05, 0.1) is 4.90 Å². The molecule has 1 unspecified atom stereocenters. The van der Waals surface area contributed by atoms with Crippen LogP contribution in [0.15, 0.2) is 35.2 Å². The number of benzene rings is 1. The number of rotatable bonds is 3. The molecule has 0 aliphatic carbocycles. The smallest absolute Gasteiger partial charge is 0.243 e. The van der Waals surface area contributed by atoms with Gasteiger partial charge in [-0.1, -0.05) is 18.2 Å². The second-order valence-electron chi connectivity index (χ2n) is 5.99. The summed E-state index contributed by atoms with van der Waals surface area (Å²) in [5.74, 6) is 0. The van der Waals surface area contributed by atoms with E-state index in [1.54, 1.807) is 28.6 Å². The Morgan fingerprint density at radius 3 is 2.33 bits per heavy atom. The second-order valence-corrected chi connectivity index (χ2v) is 7.93. The van der Waals surface area contributed by atoms with Crippen LogP contribution in [0.2, 0.25) is 0 Å². The minimum absolute atomic E-state index is 0.312. The third-order valence-corrected chi connectivity index (χ3v) is 6.48. The molecule has 3 rings (SSSR count). The van der Waals surface area contributed by atoms with Crippen molar-refractivity contribution in [2.75, 3.05) is 26.2 Å². The summed E-state index contributed by atoms with van der Waals surface area (Å²) >= 11 is 0. The maximum absolute atomic E-state index is 12.6. The SMILES string of the molecule is NC1CCN(C2CCN(S(=O)(=O)c3ccccc3)C2)CC1. The molecule has 0 saturated carbocycles. The molecule has 2 N–H and O–H groups in total. The molecular formula is C15H23N3O2S. The van der Waals surface area contributed by atoms with Crippen LogP contribution in [0.1, 0.15) is 19.3 Å². The summed E-state index contributed by atoms with van der Waals surface area (Å²) in [7, 11) is -3.34. The van der Waals surface area contributed by atoms with Crippen molar-refractivity contribution in [3.8, 4) is 0 Å². The molecule has 0 aromatic heterocycles. The van der Waals surface area contributed by atoms with Crippen LogP contribution in [-0.4, -0.2) is 55.9 Å². The Labute approximate surface area is 126 Å². The van der Waals surface area contributed by atoms with Gasteiger partial charge >= 0.3 is 0 Å². The lowest BCUT2D eigenvalue weighted by molar-refractivity contribution is 0.159. The average Bonchev–Trinajstić information content (AvgIpc) is 2.99. The van der Waals surface area contributed by atoms with Crippen molar-refractivity contribution in [1.29, 1.82) is 0 Å². The predicted octanol–water partition coefficient (Wildman–Crippen LogP) is 0.873. The molecule has 0 amide bonds. The van der Waals surface area contributed by atoms with E-state index in [0.717, 1.165) is 32.4 Å². The Hall–Kier alpha value is -0.950. The highest BCUT2D eigenvalue weighted by Gasteiger charge is 2.35. The van der Waals surface area contributed by atoms with E-state index in [4.69, 9.17) is 5.73 Å². The fourth-order valence-corrected chi connectivity index (χ4v) is 4.77. The average molecular weight is 309 g/mol. The van der Waals surface area contributed by atoms with Gasteiger partial charge in [-0.2, -0.15) is 4.31 Å².